The third-order valence-electron chi connectivity index (χ3n) is 5.01. The van der Waals surface area contributed by atoms with Crippen molar-refractivity contribution in [2.45, 2.75) is 33.2 Å². The average molecular weight is 358 g/mol. The van der Waals surface area contributed by atoms with E-state index in [1.165, 1.54) is 0 Å². The van der Waals surface area contributed by atoms with Crippen LogP contribution in [0.15, 0.2) is 18.3 Å². The van der Waals surface area contributed by atoms with Gasteiger partial charge in [-0.15, -0.1) is 0 Å². The van der Waals surface area contributed by atoms with Gasteiger partial charge < -0.3 is 14.7 Å². The second kappa shape index (κ2) is 7.43. The number of aromatic nitrogens is 1. The number of piperazine rings is 1. The van der Waals surface area contributed by atoms with Gasteiger partial charge in [0.25, 0.3) is 5.91 Å². The molecule has 2 fully saturated rings. The van der Waals surface area contributed by atoms with Gasteiger partial charge in [0.05, 0.1) is 12.1 Å². The van der Waals surface area contributed by atoms with E-state index in [0.717, 1.165) is 0 Å². The van der Waals surface area contributed by atoms with Gasteiger partial charge in [0.15, 0.2) is 0 Å². The first-order valence-corrected chi connectivity index (χ1v) is 9.17. The maximum atomic E-state index is 12.8. The highest BCUT2D eigenvalue weighted by Gasteiger charge is 2.41. The lowest BCUT2D eigenvalue weighted by molar-refractivity contribution is -0.156. The van der Waals surface area contributed by atoms with Gasteiger partial charge in [0.2, 0.25) is 11.8 Å². The molecule has 0 saturated carbocycles. The standard InChI is InChI=1S/C19H26N4O3/c1-13(2)11-22-12-17(24)23-10-9-21(8-6-16(23)19(22)26)18(25)15-5-4-7-20-14(15)3/h4-5,7,13,16H,6,8-12H2,1-3H3. The Kier molecular flexibility index (Phi) is 5.25. The molecule has 7 nitrogen and oxygen atoms in total. The molecule has 26 heavy (non-hydrogen) atoms. The highest BCUT2D eigenvalue weighted by molar-refractivity contribution is 5.96. The predicted molar refractivity (Wildman–Crippen MR) is 96.4 cm³/mol. The minimum atomic E-state index is -0.456. The summed E-state index contributed by atoms with van der Waals surface area (Å²) in [5, 5.41) is 0. The zero-order chi connectivity index (χ0) is 18.8. The molecule has 3 amide bonds. The van der Waals surface area contributed by atoms with Crippen molar-refractivity contribution >= 4 is 17.7 Å². The summed E-state index contributed by atoms with van der Waals surface area (Å²) < 4.78 is 0. The zero-order valence-corrected chi connectivity index (χ0v) is 15.6. The van der Waals surface area contributed by atoms with Crippen LogP contribution in [0.5, 0.6) is 0 Å². The van der Waals surface area contributed by atoms with Crippen LogP contribution >= 0.6 is 0 Å². The van der Waals surface area contributed by atoms with Crippen LogP contribution in [0.2, 0.25) is 0 Å². The summed E-state index contributed by atoms with van der Waals surface area (Å²) in [6.07, 6.45) is 2.14. The first-order valence-electron chi connectivity index (χ1n) is 9.17. The summed E-state index contributed by atoms with van der Waals surface area (Å²) >= 11 is 0. The molecule has 2 saturated heterocycles. The molecule has 0 bridgehead atoms. The van der Waals surface area contributed by atoms with Gasteiger partial charge >= 0.3 is 0 Å². The minimum absolute atomic E-state index is 0.00478. The molecule has 1 aromatic heterocycles. The molecule has 0 aromatic carbocycles. The van der Waals surface area contributed by atoms with E-state index in [0.29, 0.717) is 49.8 Å². The van der Waals surface area contributed by atoms with Crippen LogP contribution in [0, 0.1) is 12.8 Å². The van der Waals surface area contributed by atoms with E-state index in [4.69, 9.17) is 0 Å². The summed E-state index contributed by atoms with van der Waals surface area (Å²) in [6.45, 7) is 7.91. The van der Waals surface area contributed by atoms with Gasteiger partial charge in [0.1, 0.15) is 6.04 Å². The van der Waals surface area contributed by atoms with Crippen LogP contribution in [0.1, 0.15) is 36.3 Å². The third-order valence-corrected chi connectivity index (χ3v) is 5.01. The Balaban J connectivity index is 1.75. The number of nitrogens with zero attached hydrogens (tertiary/aromatic N) is 4. The molecule has 2 aliphatic heterocycles. The fourth-order valence-corrected chi connectivity index (χ4v) is 3.71. The number of hydrogen-bond acceptors (Lipinski definition) is 4. The molecule has 1 atom stereocenters. The van der Waals surface area contributed by atoms with Crippen LogP contribution in [0.4, 0.5) is 0 Å². The molecular formula is C19H26N4O3. The molecule has 0 radical (unpaired) electrons. The van der Waals surface area contributed by atoms with E-state index < -0.39 is 6.04 Å². The second-order valence-corrected chi connectivity index (χ2v) is 7.43. The van der Waals surface area contributed by atoms with Gasteiger partial charge in [-0.1, -0.05) is 13.8 Å². The Morgan fingerprint density at radius 1 is 1.27 bits per heavy atom. The maximum absolute atomic E-state index is 12.8. The topological polar surface area (TPSA) is 73.8 Å². The molecule has 0 aliphatic carbocycles. The van der Waals surface area contributed by atoms with Crippen molar-refractivity contribution in [3.63, 3.8) is 0 Å². The van der Waals surface area contributed by atoms with Crippen LogP contribution in [-0.4, -0.2) is 76.2 Å². The fraction of sp³-hybridized carbons (Fsp3) is 0.579. The van der Waals surface area contributed by atoms with Crippen LogP contribution in [0.3, 0.4) is 0 Å². The van der Waals surface area contributed by atoms with Gasteiger partial charge in [-0.05, 0) is 31.4 Å². The van der Waals surface area contributed by atoms with Crippen LogP contribution in [-0.2, 0) is 9.59 Å². The largest absolute Gasteiger partial charge is 0.337 e. The van der Waals surface area contributed by atoms with Crippen molar-refractivity contribution in [1.29, 1.82) is 0 Å². The van der Waals surface area contributed by atoms with E-state index in [1.54, 1.807) is 33.0 Å². The van der Waals surface area contributed by atoms with Crippen molar-refractivity contribution < 1.29 is 14.4 Å². The lowest BCUT2D eigenvalue weighted by Gasteiger charge is -2.39. The lowest BCUT2D eigenvalue weighted by Crippen LogP contribution is -2.60. The molecule has 1 aromatic rings. The van der Waals surface area contributed by atoms with E-state index >= 15 is 0 Å². The van der Waals surface area contributed by atoms with Crippen molar-refractivity contribution in [1.82, 2.24) is 19.7 Å². The normalized spacial score (nSPS) is 21.1. The van der Waals surface area contributed by atoms with Gasteiger partial charge in [-0.25, -0.2) is 0 Å². The first-order chi connectivity index (χ1) is 12.4. The van der Waals surface area contributed by atoms with Crippen molar-refractivity contribution in [2.24, 2.45) is 5.92 Å². The summed E-state index contributed by atoms with van der Waals surface area (Å²) in [5.74, 6) is 0.206. The van der Waals surface area contributed by atoms with Gasteiger partial charge in [-0.3, -0.25) is 19.4 Å². The quantitative estimate of drug-likeness (QED) is 0.806. The number of rotatable bonds is 3. The van der Waals surface area contributed by atoms with Gasteiger partial charge in [-0.2, -0.15) is 0 Å². The monoisotopic (exact) mass is 358 g/mol. The third kappa shape index (κ3) is 3.57. The van der Waals surface area contributed by atoms with Crippen LogP contribution in [0.25, 0.3) is 0 Å². The number of amides is 3. The molecular weight excluding hydrogens is 332 g/mol. The molecule has 140 valence electrons. The van der Waals surface area contributed by atoms with E-state index in [1.807, 2.05) is 20.8 Å². The molecule has 7 heteroatoms. The molecule has 0 spiro atoms. The Morgan fingerprint density at radius 2 is 2.04 bits per heavy atom. The Bertz CT molecular complexity index is 718. The SMILES string of the molecule is Cc1ncccc1C(=O)N1CCC2C(=O)N(CC(C)C)CC(=O)N2CC1. The highest BCUT2D eigenvalue weighted by atomic mass is 16.2. The lowest BCUT2D eigenvalue weighted by atomic mass is 10.1. The average Bonchev–Trinajstić information content (AvgIpc) is 2.82. The molecule has 3 heterocycles. The molecule has 1 unspecified atom stereocenters. The van der Waals surface area contributed by atoms with E-state index in [2.05, 4.69) is 4.98 Å². The number of aryl methyl sites for hydroxylation is 1. The van der Waals surface area contributed by atoms with Gasteiger partial charge in [0, 0.05) is 38.1 Å². The summed E-state index contributed by atoms with van der Waals surface area (Å²) in [4.78, 5) is 47.4. The molecule has 3 rings (SSSR count). The van der Waals surface area contributed by atoms with Crippen molar-refractivity contribution in [3.8, 4) is 0 Å². The number of fused-ring (bicyclic) bond motifs is 1. The number of hydrogen-bond donors (Lipinski definition) is 0. The summed E-state index contributed by atoms with van der Waals surface area (Å²) in [6, 6.07) is 3.06. The molecule has 0 N–H and O–H groups in total. The van der Waals surface area contributed by atoms with E-state index in [9.17, 15) is 14.4 Å². The number of carbonyl (C=O) groups excluding carboxylic acids is 3. The zero-order valence-electron chi connectivity index (χ0n) is 15.6. The van der Waals surface area contributed by atoms with Crippen LogP contribution < -0.4 is 0 Å². The molecule has 2 aliphatic rings. The van der Waals surface area contributed by atoms with E-state index in [-0.39, 0.29) is 24.3 Å². The maximum Gasteiger partial charge on any atom is 0.255 e. The summed E-state index contributed by atoms with van der Waals surface area (Å²) in [7, 11) is 0. The Morgan fingerprint density at radius 3 is 2.73 bits per heavy atom. The highest BCUT2D eigenvalue weighted by Crippen LogP contribution is 2.21. The number of carbonyl (C=O) groups is 3. The second-order valence-electron chi connectivity index (χ2n) is 7.43. The smallest absolute Gasteiger partial charge is 0.255 e. The fourth-order valence-electron chi connectivity index (χ4n) is 3.71. The predicted octanol–water partition coefficient (Wildman–Crippen LogP) is 0.931. The summed E-state index contributed by atoms with van der Waals surface area (Å²) in [5.41, 5.74) is 1.26. The Hall–Kier alpha value is -2.44. The van der Waals surface area contributed by atoms with Crippen molar-refractivity contribution in [2.75, 3.05) is 32.7 Å². The number of pyridine rings is 1. The minimum Gasteiger partial charge on any atom is -0.337 e. The first kappa shape index (κ1) is 18.4. The van der Waals surface area contributed by atoms with Crippen molar-refractivity contribution in [3.05, 3.63) is 29.6 Å². The Labute approximate surface area is 154 Å².